The smallest absolute Gasteiger partial charge is 0.417 e. The van der Waals surface area contributed by atoms with Gasteiger partial charge >= 0.3 is 6.18 Å². The Hall–Kier alpha value is -3.10. The van der Waals surface area contributed by atoms with Gasteiger partial charge in [-0.1, -0.05) is 0 Å². The number of furan rings is 1. The molecule has 0 aliphatic heterocycles. The molecular weight excluding hydrogens is 337 g/mol. The Morgan fingerprint density at radius 1 is 1.28 bits per heavy atom. The molecule has 0 fully saturated rings. The maximum Gasteiger partial charge on any atom is 0.417 e. The Labute approximate surface area is 140 Å². The maximum atomic E-state index is 12.6. The number of halogens is 3. The number of hydrogen-bond acceptors (Lipinski definition) is 4. The van der Waals surface area contributed by atoms with Gasteiger partial charge in [0, 0.05) is 6.20 Å². The zero-order chi connectivity index (χ0) is 18.0. The van der Waals surface area contributed by atoms with Gasteiger partial charge in [-0.25, -0.2) is 9.67 Å². The van der Waals surface area contributed by atoms with Crippen molar-refractivity contribution in [1.82, 2.24) is 20.1 Å². The van der Waals surface area contributed by atoms with Crippen molar-refractivity contribution in [2.45, 2.75) is 19.6 Å². The summed E-state index contributed by atoms with van der Waals surface area (Å²) in [7, 11) is 0. The fraction of sp³-hybridized carbons (Fsp3) is 0.188. The van der Waals surface area contributed by atoms with Crippen molar-refractivity contribution in [1.29, 1.82) is 0 Å². The van der Waals surface area contributed by atoms with E-state index in [-0.39, 0.29) is 18.3 Å². The second kappa shape index (κ2) is 6.42. The van der Waals surface area contributed by atoms with Crippen LogP contribution in [0.15, 0.2) is 47.3 Å². The van der Waals surface area contributed by atoms with E-state index in [1.54, 1.807) is 19.1 Å². The zero-order valence-corrected chi connectivity index (χ0v) is 13.0. The van der Waals surface area contributed by atoms with Gasteiger partial charge in [-0.3, -0.25) is 4.79 Å². The molecule has 1 amide bonds. The number of aromatic nitrogens is 3. The molecule has 0 aromatic carbocycles. The van der Waals surface area contributed by atoms with Crippen LogP contribution >= 0.6 is 0 Å². The number of carbonyl (C=O) groups is 1. The minimum atomic E-state index is -4.46. The summed E-state index contributed by atoms with van der Waals surface area (Å²) in [5.74, 6) is 0.422. The van der Waals surface area contributed by atoms with Crippen LogP contribution in [0, 0.1) is 6.92 Å². The monoisotopic (exact) mass is 350 g/mol. The normalized spacial score (nSPS) is 11.5. The highest BCUT2D eigenvalue weighted by Gasteiger charge is 2.30. The number of pyridine rings is 1. The van der Waals surface area contributed by atoms with Crippen LogP contribution in [0.5, 0.6) is 0 Å². The highest BCUT2D eigenvalue weighted by molar-refractivity contribution is 5.95. The molecule has 3 aromatic rings. The summed E-state index contributed by atoms with van der Waals surface area (Å²) >= 11 is 0. The standard InChI is InChI=1S/C16H13F3N4O2/c1-10-13(15(24)21-8-12-3-2-6-25-12)9-22-23(10)14-5-4-11(7-20-14)16(17,18)19/h2-7,9H,8H2,1H3,(H,21,24). The second-order valence-corrected chi connectivity index (χ2v) is 5.22. The Morgan fingerprint density at radius 2 is 2.08 bits per heavy atom. The molecule has 3 heterocycles. The highest BCUT2D eigenvalue weighted by atomic mass is 19.4. The molecule has 0 saturated heterocycles. The summed E-state index contributed by atoms with van der Waals surface area (Å²) in [5.41, 5.74) is -0.0880. The van der Waals surface area contributed by atoms with Crippen molar-refractivity contribution in [3.05, 3.63) is 65.5 Å². The van der Waals surface area contributed by atoms with Crippen molar-refractivity contribution >= 4 is 5.91 Å². The quantitative estimate of drug-likeness (QED) is 0.785. The van der Waals surface area contributed by atoms with E-state index < -0.39 is 11.7 Å². The molecule has 0 bridgehead atoms. The molecule has 3 rings (SSSR count). The fourth-order valence-electron chi connectivity index (χ4n) is 2.22. The summed E-state index contributed by atoms with van der Waals surface area (Å²) in [5, 5.41) is 6.71. The summed E-state index contributed by atoms with van der Waals surface area (Å²) in [6.07, 6.45) is -0.887. The molecular formula is C16H13F3N4O2. The van der Waals surface area contributed by atoms with Gasteiger partial charge in [0.1, 0.15) is 5.76 Å². The second-order valence-electron chi connectivity index (χ2n) is 5.22. The first-order chi connectivity index (χ1) is 11.9. The Balaban J connectivity index is 1.77. The van der Waals surface area contributed by atoms with E-state index in [1.807, 2.05) is 0 Å². The number of nitrogens with one attached hydrogen (secondary N) is 1. The number of amides is 1. The van der Waals surface area contributed by atoms with Crippen molar-refractivity contribution < 1.29 is 22.4 Å². The number of rotatable bonds is 4. The van der Waals surface area contributed by atoms with E-state index in [1.165, 1.54) is 23.2 Å². The minimum Gasteiger partial charge on any atom is -0.467 e. The Kier molecular flexibility index (Phi) is 4.30. The molecule has 9 heteroatoms. The van der Waals surface area contributed by atoms with Crippen molar-refractivity contribution in [2.75, 3.05) is 0 Å². The molecule has 0 unspecified atom stereocenters. The lowest BCUT2D eigenvalue weighted by Gasteiger charge is -2.08. The number of alkyl halides is 3. The van der Waals surface area contributed by atoms with Gasteiger partial charge in [0.2, 0.25) is 0 Å². The molecule has 1 N–H and O–H groups in total. The largest absolute Gasteiger partial charge is 0.467 e. The Bertz CT molecular complexity index is 868. The van der Waals surface area contributed by atoms with E-state index >= 15 is 0 Å². The van der Waals surface area contributed by atoms with Gasteiger partial charge in [0.05, 0.1) is 35.8 Å². The number of hydrogen-bond donors (Lipinski definition) is 1. The molecule has 6 nitrogen and oxygen atoms in total. The van der Waals surface area contributed by atoms with Crippen LogP contribution in [-0.4, -0.2) is 20.7 Å². The SMILES string of the molecule is Cc1c(C(=O)NCc2ccco2)cnn1-c1ccc(C(F)(F)F)cn1. The lowest BCUT2D eigenvalue weighted by Crippen LogP contribution is -2.23. The van der Waals surface area contributed by atoms with Crippen molar-refractivity contribution in [3.8, 4) is 5.82 Å². The van der Waals surface area contributed by atoms with E-state index in [4.69, 9.17) is 4.42 Å². The number of carbonyl (C=O) groups excluding carboxylic acids is 1. The topological polar surface area (TPSA) is 73.0 Å². The molecule has 0 atom stereocenters. The van der Waals surface area contributed by atoms with Gasteiger partial charge in [-0.15, -0.1) is 0 Å². The third kappa shape index (κ3) is 3.54. The van der Waals surface area contributed by atoms with Gasteiger partial charge in [0.25, 0.3) is 5.91 Å². The maximum absolute atomic E-state index is 12.6. The molecule has 0 aliphatic rings. The van der Waals surface area contributed by atoms with E-state index in [9.17, 15) is 18.0 Å². The van der Waals surface area contributed by atoms with Crippen LogP contribution < -0.4 is 5.32 Å². The van der Waals surface area contributed by atoms with Gasteiger partial charge in [-0.2, -0.15) is 18.3 Å². The summed E-state index contributed by atoms with van der Waals surface area (Å²) in [4.78, 5) is 16.0. The zero-order valence-electron chi connectivity index (χ0n) is 13.0. The van der Waals surface area contributed by atoms with Crippen LogP contribution in [0.2, 0.25) is 0 Å². The van der Waals surface area contributed by atoms with Crippen LogP contribution in [0.4, 0.5) is 13.2 Å². The van der Waals surface area contributed by atoms with Crippen LogP contribution in [-0.2, 0) is 12.7 Å². The van der Waals surface area contributed by atoms with E-state index in [0.29, 0.717) is 17.0 Å². The first kappa shape index (κ1) is 16.7. The van der Waals surface area contributed by atoms with Crippen LogP contribution in [0.1, 0.15) is 27.4 Å². The fourth-order valence-corrected chi connectivity index (χ4v) is 2.22. The first-order valence-corrected chi connectivity index (χ1v) is 7.25. The van der Waals surface area contributed by atoms with Crippen molar-refractivity contribution in [2.24, 2.45) is 0 Å². The summed E-state index contributed by atoms with van der Waals surface area (Å²) in [6, 6.07) is 5.55. The Morgan fingerprint density at radius 3 is 2.68 bits per heavy atom. The van der Waals surface area contributed by atoms with E-state index in [2.05, 4.69) is 15.4 Å². The van der Waals surface area contributed by atoms with E-state index in [0.717, 1.165) is 12.3 Å². The predicted octanol–water partition coefficient (Wildman–Crippen LogP) is 3.12. The summed E-state index contributed by atoms with van der Waals surface area (Å²) in [6.45, 7) is 1.85. The average molecular weight is 350 g/mol. The van der Waals surface area contributed by atoms with Gasteiger partial charge < -0.3 is 9.73 Å². The average Bonchev–Trinajstić information content (AvgIpc) is 3.21. The molecule has 0 spiro atoms. The highest BCUT2D eigenvalue weighted by Crippen LogP contribution is 2.28. The first-order valence-electron chi connectivity index (χ1n) is 7.25. The predicted molar refractivity (Wildman–Crippen MR) is 81.0 cm³/mol. The third-order valence-electron chi connectivity index (χ3n) is 3.55. The molecule has 0 radical (unpaired) electrons. The molecule has 130 valence electrons. The molecule has 25 heavy (non-hydrogen) atoms. The summed E-state index contributed by atoms with van der Waals surface area (Å²) < 4.78 is 44.2. The molecule has 0 saturated carbocycles. The third-order valence-corrected chi connectivity index (χ3v) is 3.55. The lowest BCUT2D eigenvalue weighted by atomic mass is 10.2. The van der Waals surface area contributed by atoms with Gasteiger partial charge in [0.15, 0.2) is 5.82 Å². The van der Waals surface area contributed by atoms with Crippen LogP contribution in [0.3, 0.4) is 0 Å². The minimum absolute atomic E-state index is 0.190. The van der Waals surface area contributed by atoms with Crippen LogP contribution in [0.25, 0.3) is 5.82 Å². The number of nitrogens with zero attached hydrogens (tertiary/aromatic N) is 3. The molecule has 0 aliphatic carbocycles. The van der Waals surface area contributed by atoms with Crippen molar-refractivity contribution in [3.63, 3.8) is 0 Å². The lowest BCUT2D eigenvalue weighted by molar-refractivity contribution is -0.137. The van der Waals surface area contributed by atoms with Gasteiger partial charge in [-0.05, 0) is 31.2 Å². The molecule has 3 aromatic heterocycles.